The van der Waals surface area contributed by atoms with Crippen LogP contribution in [0.5, 0.6) is 0 Å². The van der Waals surface area contributed by atoms with Gasteiger partial charge in [0.25, 0.3) is 0 Å². The molecule has 1 aromatic carbocycles. The number of para-hydroxylation sites is 2. The third kappa shape index (κ3) is 2.39. The largest absolute Gasteiger partial charge is 0.381 e. The van der Waals surface area contributed by atoms with Gasteiger partial charge in [-0.15, -0.1) is 0 Å². The average Bonchev–Trinajstić information content (AvgIpc) is 2.30. The van der Waals surface area contributed by atoms with E-state index in [1.54, 1.807) is 13.0 Å². The number of carbonyl (C=O) groups excluding carboxylic acids is 1. The van der Waals surface area contributed by atoms with Crippen LogP contribution in [-0.4, -0.2) is 15.9 Å². The average molecular weight is 228 g/mol. The Labute approximate surface area is 98.4 Å². The Morgan fingerprint density at radius 1 is 1.29 bits per heavy atom. The third-order valence-corrected chi connectivity index (χ3v) is 2.16. The zero-order valence-electron chi connectivity index (χ0n) is 9.34. The molecule has 0 spiro atoms. The van der Waals surface area contributed by atoms with Crippen LogP contribution in [0.1, 0.15) is 6.92 Å². The lowest BCUT2D eigenvalue weighted by molar-refractivity contribution is -0.111. The number of nitrogen functional groups attached to an aromatic ring is 1. The topological polar surface area (TPSA) is 80.9 Å². The Hall–Kier alpha value is -2.43. The standard InChI is InChI=1S/C12H12N4O/c1-2-5-10(17)16-12-11(13)14-8-6-3-4-7-9(8)15-12/h2-7H,1H3,(H2,13,14)(H,15,16,17). The number of aromatic nitrogens is 2. The summed E-state index contributed by atoms with van der Waals surface area (Å²) < 4.78 is 0. The normalized spacial score (nSPS) is 10.9. The molecule has 17 heavy (non-hydrogen) atoms. The number of hydrogen-bond acceptors (Lipinski definition) is 4. The van der Waals surface area contributed by atoms with Crippen molar-refractivity contribution in [1.82, 2.24) is 9.97 Å². The molecular weight excluding hydrogens is 216 g/mol. The Balaban J connectivity index is 2.40. The highest BCUT2D eigenvalue weighted by Gasteiger charge is 2.07. The molecular formula is C12H12N4O. The number of nitrogens with zero attached hydrogens (tertiary/aromatic N) is 2. The number of nitrogens with two attached hydrogens (primary N) is 1. The van der Waals surface area contributed by atoms with Crippen molar-refractivity contribution in [3.63, 3.8) is 0 Å². The van der Waals surface area contributed by atoms with E-state index in [0.717, 1.165) is 0 Å². The molecule has 5 nitrogen and oxygen atoms in total. The molecule has 0 atom stereocenters. The molecule has 0 bridgehead atoms. The summed E-state index contributed by atoms with van der Waals surface area (Å²) in [6.45, 7) is 1.76. The maximum absolute atomic E-state index is 11.4. The predicted octanol–water partition coefficient (Wildman–Crippen LogP) is 1.73. The number of carbonyl (C=O) groups is 1. The summed E-state index contributed by atoms with van der Waals surface area (Å²) in [5.74, 6) is 0.220. The van der Waals surface area contributed by atoms with Crippen molar-refractivity contribution in [2.24, 2.45) is 0 Å². The summed E-state index contributed by atoms with van der Waals surface area (Å²) in [5, 5.41) is 2.58. The number of fused-ring (bicyclic) bond motifs is 1. The Morgan fingerprint density at radius 3 is 2.59 bits per heavy atom. The lowest BCUT2D eigenvalue weighted by atomic mass is 10.3. The van der Waals surface area contributed by atoms with Crippen molar-refractivity contribution in [3.8, 4) is 0 Å². The van der Waals surface area contributed by atoms with Crippen LogP contribution in [0.4, 0.5) is 11.6 Å². The SMILES string of the molecule is CC=CC(=O)Nc1nc2ccccc2nc1N. The fourth-order valence-corrected chi connectivity index (χ4v) is 1.42. The molecule has 1 aromatic heterocycles. The van der Waals surface area contributed by atoms with Gasteiger partial charge in [0.1, 0.15) is 0 Å². The van der Waals surface area contributed by atoms with E-state index in [-0.39, 0.29) is 17.5 Å². The number of benzene rings is 1. The minimum atomic E-state index is -0.274. The molecule has 1 amide bonds. The zero-order valence-corrected chi connectivity index (χ0v) is 9.34. The Bertz CT molecular complexity index is 592. The van der Waals surface area contributed by atoms with Crippen molar-refractivity contribution in [2.45, 2.75) is 6.92 Å². The van der Waals surface area contributed by atoms with E-state index in [9.17, 15) is 4.79 Å². The molecule has 0 aliphatic carbocycles. The lowest BCUT2D eigenvalue weighted by Crippen LogP contribution is -2.12. The monoisotopic (exact) mass is 228 g/mol. The summed E-state index contributed by atoms with van der Waals surface area (Å²) >= 11 is 0. The van der Waals surface area contributed by atoms with Gasteiger partial charge in [0, 0.05) is 0 Å². The highest BCUT2D eigenvalue weighted by atomic mass is 16.1. The first kappa shape index (κ1) is 11.1. The molecule has 3 N–H and O–H groups in total. The predicted molar refractivity (Wildman–Crippen MR) is 67.4 cm³/mol. The van der Waals surface area contributed by atoms with E-state index < -0.39 is 0 Å². The van der Waals surface area contributed by atoms with Gasteiger partial charge in [-0.05, 0) is 25.1 Å². The third-order valence-electron chi connectivity index (χ3n) is 2.16. The molecule has 0 aliphatic rings. The minimum absolute atomic E-state index is 0.210. The molecule has 0 saturated heterocycles. The molecule has 0 unspecified atom stereocenters. The van der Waals surface area contributed by atoms with Crippen molar-refractivity contribution in [1.29, 1.82) is 0 Å². The first-order chi connectivity index (χ1) is 8.20. The van der Waals surface area contributed by atoms with Crippen molar-refractivity contribution in [3.05, 3.63) is 36.4 Å². The second kappa shape index (κ2) is 4.61. The molecule has 5 heteroatoms. The summed E-state index contributed by atoms with van der Waals surface area (Å²) in [6.07, 6.45) is 3.04. The van der Waals surface area contributed by atoms with Crippen LogP contribution < -0.4 is 11.1 Å². The van der Waals surface area contributed by atoms with Gasteiger partial charge in [-0.1, -0.05) is 18.2 Å². The summed E-state index contributed by atoms with van der Waals surface area (Å²) in [5.41, 5.74) is 7.11. The first-order valence-corrected chi connectivity index (χ1v) is 5.16. The van der Waals surface area contributed by atoms with Gasteiger partial charge in [0.05, 0.1) is 11.0 Å². The fraction of sp³-hybridized carbons (Fsp3) is 0.0833. The van der Waals surface area contributed by atoms with Crippen LogP contribution in [0.2, 0.25) is 0 Å². The molecule has 0 radical (unpaired) electrons. The van der Waals surface area contributed by atoms with Crippen LogP contribution in [-0.2, 0) is 4.79 Å². The molecule has 2 aromatic rings. The van der Waals surface area contributed by atoms with E-state index >= 15 is 0 Å². The summed E-state index contributed by atoms with van der Waals surface area (Å²) in [6, 6.07) is 7.34. The van der Waals surface area contributed by atoms with Gasteiger partial charge in [0.2, 0.25) is 5.91 Å². The second-order valence-corrected chi connectivity index (χ2v) is 3.44. The van der Waals surface area contributed by atoms with Gasteiger partial charge < -0.3 is 11.1 Å². The maximum Gasteiger partial charge on any atom is 0.249 e. The molecule has 86 valence electrons. The van der Waals surface area contributed by atoms with Crippen LogP contribution in [0.3, 0.4) is 0 Å². The van der Waals surface area contributed by atoms with Gasteiger partial charge in [-0.25, -0.2) is 9.97 Å². The smallest absolute Gasteiger partial charge is 0.249 e. The zero-order chi connectivity index (χ0) is 12.3. The van der Waals surface area contributed by atoms with E-state index in [4.69, 9.17) is 5.73 Å². The van der Waals surface area contributed by atoms with Gasteiger partial charge >= 0.3 is 0 Å². The molecule has 0 saturated carbocycles. The minimum Gasteiger partial charge on any atom is -0.381 e. The quantitative estimate of drug-likeness (QED) is 0.767. The van der Waals surface area contributed by atoms with E-state index in [0.29, 0.717) is 11.0 Å². The molecule has 1 heterocycles. The van der Waals surface area contributed by atoms with Crippen molar-refractivity contribution in [2.75, 3.05) is 11.1 Å². The number of rotatable bonds is 2. The molecule has 0 fully saturated rings. The van der Waals surface area contributed by atoms with Gasteiger partial charge in [0.15, 0.2) is 11.6 Å². The van der Waals surface area contributed by atoms with E-state index in [1.165, 1.54) is 6.08 Å². The van der Waals surface area contributed by atoms with Crippen LogP contribution >= 0.6 is 0 Å². The van der Waals surface area contributed by atoms with Gasteiger partial charge in [-0.3, -0.25) is 4.79 Å². The Kier molecular flexibility index (Phi) is 3.00. The maximum atomic E-state index is 11.4. The molecule has 2 rings (SSSR count). The first-order valence-electron chi connectivity index (χ1n) is 5.16. The van der Waals surface area contributed by atoms with Crippen molar-refractivity contribution >= 4 is 28.6 Å². The summed E-state index contributed by atoms with van der Waals surface area (Å²) in [7, 11) is 0. The summed E-state index contributed by atoms with van der Waals surface area (Å²) in [4.78, 5) is 19.8. The molecule has 0 aliphatic heterocycles. The van der Waals surface area contributed by atoms with Crippen molar-refractivity contribution < 1.29 is 4.79 Å². The highest BCUT2D eigenvalue weighted by Crippen LogP contribution is 2.18. The second-order valence-electron chi connectivity index (χ2n) is 3.44. The van der Waals surface area contributed by atoms with Crippen LogP contribution in [0, 0.1) is 0 Å². The number of amides is 1. The number of nitrogens with one attached hydrogen (secondary N) is 1. The number of allylic oxidation sites excluding steroid dienone is 1. The lowest BCUT2D eigenvalue weighted by Gasteiger charge is -2.05. The van der Waals surface area contributed by atoms with Gasteiger partial charge in [-0.2, -0.15) is 0 Å². The van der Waals surface area contributed by atoms with E-state index in [2.05, 4.69) is 15.3 Å². The van der Waals surface area contributed by atoms with Crippen LogP contribution in [0.25, 0.3) is 11.0 Å². The number of hydrogen-bond donors (Lipinski definition) is 2. The highest BCUT2D eigenvalue weighted by molar-refractivity contribution is 6.00. The fourth-order valence-electron chi connectivity index (χ4n) is 1.42. The Morgan fingerprint density at radius 2 is 1.94 bits per heavy atom. The van der Waals surface area contributed by atoms with E-state index in [1.807, 2.05) is 24.3 Å². The van der Waals surface area contributed by atoms with Crippen LogP contribution in [0.15, 0.2) is 36.4 Å². The number of anilines is 2.